The van der Waals surface area contributed by atoms with Gasteiger partial charge in [0.1, 0.15) is 16.4 Å². The molecule has 1 N–H and O–H groups in total. The van der Waals surface area contributed by atoms with Crippen molar-refractivity contribution >= 4 is 27.5 Å². The second-order valence-electron chi connectivity index (χ2n) is 6.54. The highest BCUT2D eigenvalue weighted by Crippen LogP contribution is 2.31. The number of carbonyl (C=O) groups is 1. The lowest BCUT2D eigenvalue weighted by atomic mass is 10.0. The first-order chi connectivity index (χ1) is 13.5. The smallest absolute Gasteiger partial charge is 0.371 e. The van der Waals surface area contributed by atoms with Gasteiger partial charge in [0, 0.05) is 17.4 Å². The van der Waals surface area contributed by atoms with Crippen LogP contribution in [0.25, 0.3) is 21.3 Å². The third kappa shape index (κ3) is 3.14. The summed E-state index contributed by atoms with van der Waals surface area (Å²) in [6.45, 7) is 4.09. The Morgan fingerprint density at radius 3 is 2.61 bits per heavy atom. The van der Waals surface area contributed by atoms with E-state index in [2.05, 4.69) is 4.98 Å². The highest BCUT2D eigenvalue weighted by Gasteiger charge is 2.18. The third-order valence-electron chi connectivity index (χ3n) is 4.64. The fourth-order valence-corrected chi connectivity index (χ4v) is 4.14. The quantitative estimate of drug-likeness (QED) is 0.544. The number of rotatable bonds is 5. The van der Waals surface area contributed by atoms with Gasteiger partial charge in [-0.05, 0) is 24.6 Å². The Hall–Kier alpha value is -3.19. The highest BCUT2D eigenvalue weighted by atomic mass is 32.1. The molecule has 0 fully saturated rings. The molecule has 142 valence electrons. The van der Waals surface area contributed by atoms with Crippen molar-refractivity contribution in [3.8, 4) is 11.1 Å². The first-order valence-corrected chi connectivity index (χ1v) is 9.76. The Kier molecular flexibility index (Phi) is 4.60. The van der Waals surface area contributed by atoms with Crippen LogP contribution in [0.1, 0.15) is 34.6 Å². The van der Waals surface area contributed by atoms with Crippen molar-refractivity contribution in [3.63, 3.8) is 0 Å². The predicted molar refractivity (Wildman–Crippen MR) is 108 cm³/mol. The lowest BCUT2D eigenvalue weighted by Crippen LogP contribution is -2.25. The van der Waals surface area contributed by atoms with Gasteiger partial charge in [0.25, 0.3) is 5.56 Å². The van der Waals surface area contributed by atoms with Gasteiger partial charge in [0.15, 0.2) is 0 Å². The topological polar surface area (TPSA) is 85.3 Å². The molecule has 1 aromatic carbocycles. The van der Waals surface area contributed by atoms with E-state index in [4.69, 9.17) is 9.52 Å². The molecule has 0 bridgehead atoms. The van der Waals surface area contributed by atoms with Gasteiger partial charge in [-0.2, -0.15) is 0 Å². The van der Waals surface area contributed by atoms with Crippen LogP contribution in [0.4, 0.5) is 0 Å². The van der Waals surface area contributed by atoms with Crippen LogP contribution in [-0.4, -0.2) is 20.6 Å². The average Bonchev–Trinajstić information content (AvgIpc) is 3.32. The summed E-state index contributed by atoms with van der Waals surface area (Å²) in [5.41, 5.74) is 2.84. The number of furan rings is 1. The van der Waals surface area contributed by atoms with Crippen molar-refractivity contribution in [2.75, 3.05) is 0 Å². The Bertz CT molecular complexity index is 1230. The van der Waals surface area contributed by atoms with Crippen molar-refractivity contribution in [1.29, 1.82) is 0 Å². The van der Waals surface area contributed by atoms with Crippen molar-refractivity contribution < 1.29 is 14.3 Å². The maximum absolute atomic E-state index is 13.3. The number of carboxylic acid groups (broad SMARTS) is 1. The number of carboxylic acids is 1. The molecule has 0 spiro atoms. The molecule has 3 heterocycles. The second kappa shape index (κ2) is 7.09. The third-order valence-corrected chi connectivity index (χ3v) is 5.51. The number of nitrogens with zero attached hydrogens (tertiary/aromatic N) is 2. The average molecular weight is 394 g/mol. The van der Waals surface area contributed by atoms with E-state index in [-0.39, 0.29) is 17.9 Å². The number of hydrogen-bond acceptors (Lipinski definition) is 5. The zero-order chi connectivity index (χ0) is 19.8. The zero-order valence-electron chi connectivity index (χ0n) is 15.4. The van der Waals surface area contributed by atoms with Gasteiger partial charge in [-0.3, -0.25) is 9.36 Å². The Labute approximate surface area is 164 Å². The van der Waals surface area contributed by atoms with Crippen molar-refractivity contribution in [1.82, 2.24) is 9.55 Å². The van der Waals surface area contributed by atoms with Gasteiger partial charge in [-0.15, -0.1) is 11.3 Å². The lowest BCUT2D eigenvalue weighted by Gasteiger charge is -2.10. The Balaban J connectivity index is 1.86. The minimum Gasteiger partial charge on any atom is -0.475 e. The van der Waals surface area contributed by atoms with E-state index >= 15 is 0 Å². The molecule has 0 aliphatic heterocycles. The summed E-state index contributed by atoms with van der Waals surface area (Å²) in [6.07, 6.45) is 0.579. The maximum atomic E-state index is 13.3. The molecular formula is C21H18N2O4S. The molecule has 0 aliphatic carbocycles. The molecule has 0 amide bonds. The molecule has 28 heavy (non-hydrogen) atoms. The fourth-order valence-electron chi connectivity index (χ4n) is 3.18. The van der Waals surface area contributed by atoms with Gasteiger partial charge in [0.2, 0.25) is 5.76 Å². The largest absolute Gasteiger partial charge is 0.475 e. The fraction of sp³-hybridized carbons (Fsp3) is 0.190. The van der Waals surface area contributed by atoms with E-state index in [9.17, 15) is 9.59 Å². The summed E-state index contributed by atoms with van der Waals surface area (Å²) < 4.78 is 6.91. The SMILES string of the molecule is CCc1nc2scc(-c3ccc(C)cc3)c2c(=O)n1Cc1ccc(C(=O)O)o1. The molecule has 4 rings (SSSR count). The summed E-state index contributed by atoms with van der Waals surface area (Å²) in [7, 11) is 0. The maximum Gasteiger partial charge on any atom is 0.371 e. The molecule has 7 heteroatoms. The minimum absolute atomic E-state index is 0.140. The summed E-state index contributed by atoms with van der Waals surface area (Å²) in [5.74, 6) is -0.237. The van der Waals surface area contributed by atoms with Gasteiger partial charge in [0.05, 0.1) is 11.9 Å². The van der Waals surface area contributed by atoms with Crippen LogP contribution in [0.15, 0.2) is 51.0 Å². The summed E-state index contributed by atoms with van der Waals surface area (Å²) >= 11 is 1.45. The lowest BCUT2D eigenvalue weighted by molar-refractivity contribution is 0.0660. The second-order valence-corrected chi connectivity index (χ2v) is 7.40. The standard InChI is InChI=1S/C21H18N2O4S/c1-3-17-22-19-18(15(11-28-19)13-6-4-12(2)5-7-13)20(24)23(17)10-14-8-9-16(27-14)21(25)26/h4-9,11H,3,10H2,1-2H3,(H,25,26). The molecule has 0 atom stereocenters. The first-order valence-electron chi connectivity index (χ1n) is 8.88. The van der Waals surface area contributed by atoms with Gasteiger partial charge in [-0.1, -0.05) is 36.8 Å². The van der Waals surface area contributed by atoms with E-state index in [1.807, 2.05) is 43.5 Å². The van der Waals surface area contributed by atoms with Crippen LogP contribution in [0.2, 0.25) is 0 Å². The van der Waals surface area contributed by atoms with Crippen LogP contribution in [-0.2, 0) is 13.0 Å². The van der Waals surface area contributed by atoms with E-state index in [0.29, 0.717) is 28.2 Å². The van der Waals surface area contributed by atoms with Crippen LogP contribution in [0.5, 0.6) is 0 Å². The number of benzene rings is 1. The Morgan fingerprint density at radius 2 is 1.96 bits per heavy atom. The summed E-state index contributed by atoms with van der Waals surface area (Å²) in [5, 5.41) is 11.6. The molecule has 6 nitrogen and oxygen atoms in total. The summed E-state index contributed by atoms with van der Waals surface area (Å²) in [4.78, 5) is 29.8. The Morgan fingerprint density at radius 1 is 1.21 bits per heavy atom. The van der Waals surface area contributed by atoms with Crippen LogP contribution in [0, 0.1) is 6.92 Å². The van der Waals surface area contributed by atoms with Crippen LogP contribution < -0.4 is 5.56 Å². The number of aromatic nitrogens is 2. The normalized spacial score (nSPS) is 11.2. The molecule has 0 saturated carbocycles. The van der Waals surface area contributed by atoms with Crippen molar-refractivity contribution in [2.45, 2.75) is 26.8 Å². The van der Waals surface area contributed by atoms with Crippen LogP contribution >= 0.6 is 11.3 Å². The molecule has 0 aliphatic rings. The molecule has 0 radical (unpaired) electrons. The molecule has 0 unspecified atom stereocenters. The minimum atomic E-state index is -1.14. The predicted octanol–water partition coefficient (Wildman–Crippen LogP) is 4.34. The monoisotopic (exact) mass is 394 g/mol. The highest BCUT2D eigenvalue weighted by molar-refractivity contribution is 7.17. The van der Waals surface area contributed by atoms with Gasteiger partial charge >= 0.3 is 5.97 Å². The molecule has 3 aromatic heterocycles. The van der Waals surface area contributed by atoms with Gasteiger partial charge in [-0.25, -0.2) is 9.78 Å². The molecular weight excluding hydrogens is 376 g/mol. The van der Waals surface area contributed by atoms with Crippen molar-refractivity contribution in [3.05, 3.63) is 75.0 Å². The summed E-state index contributed by atoms with van der Waals surface area (Å²) in [6, 6.07) is 11.0. The van der Waals surface area contributed by atoms with E-state index in [0.717, 1.165) is 16.7 Å². The first kappa shape index (κ1) is 18.2. The van der Waals surface area contributed by atoms with E-state index in [1.54, 1.807) is 10.6 Å². The molecule has 0 saturated heterocycles. The van der Waals surface area contributed by atoms with Gasteiger partial charge < -0.3 is 9.52 Å². The van der Waals surface area contributed by atoms with E-state index in [1.165, 1.54) is 17.4 Å². The van der Waals surface area contributed by atoms with E-state index < -0.39 is 5.97 Å². The number of aryl methyl sites for hydroxylation is 2. The van der Waals surface area contributed by atoms with Crippen molar-refractivity contribution in [2.24, 2.45) is 0 Å². The zero-order valence-corrected chi connectivity index (χ0v) is 16.2. The number of thiophene rings is 1. The molecule has 4 aromatic rings. The number of hydrogen-bond donors (Lipinski definition) is 1. The number of fused-ring (bicyclic) bond motifs is 1. The number of aromatic carboxylic acids is 1. The van der Waals surface area contributed by atoms with Crippen LogP contribution in [0.3, 0.4) is 0 Å².